The van der Waals surface area contributed by atoms with E-state index in [1.165, 1.54) is 36.4 Å². The quantitative estimate of drug-likeness (QED) is 0.223. The first kappa shape index (κ1) is 22.6. The third-order valence-corrected chi connectivity index (χ3v) is 6.85. The maximum Gasteiger partial charge on any atom is 0.283 e. The molecule has 1 aliphatic rings. The number of hydrogen-bond donors (Lipinski definition) is 0. The van der Waals surface area contributed by atoms with E-state index in [2.05, 4.69) is 9.50 Å². The van der Waals surface area contributed by atoms with Gasteiger partial charge in [-0.3, -0.25) is 10.1 Å². The number of sulfonamides is 1. The predicted molar refractivity (Wildman–Crippen MR) is 127 cm³/mol. The van der Waals surface area contributed by atoms with Gasteiger partial charge in [0, 0.05) is 23.1 Å². The number of amidine groups is 1. The number of non-ortho nitro benzene ring substituents is 1. The van der Waals surface area contributed by atoms with Crippen LogP contribution in [0.1, 0.15) is 24.0 Å². The normalized spacial score (nSPS) is 16.5. The summed E-state index contributed by atoms with van der Waals surface area (Å²) in [4.78, 5) is 10.6. The van der Waals surface area contributed by atoms with Gasteiger partial charge >= 0.3 is 0 Å². The molecule has 10 heteroatoms. The molecule has 0 aromatic heterocycles. The average molecular weight is 483 g/mol. The van der Waals surface area contributed by atoms with Gasteiger partial charge in [-0.2, -0.15) is 13.5 Å². The molecule has 3 aromatic rings. The molecular weight excluding hydrogens is 464 g/mol. The Morgan fingerprint density at radius 1 is 1.06 bits per heavy atom. The first-order chi connectivity index (χ1) is 15.7. The second-order valence-corrected chi connectivity index (χ2v) is 9.44. The molecule has 0 amide bonds. The zero-order valence-electron chi connectivity index (χ0n) is 17.5. The van der Waals surface area contributed by atoms with Gasteiger partial charge in [-0.25, -0.2) is 5.01 Å². The summed E-state index contributed by atoms with van der Waals surface area (Å²) >= 11 is 5.85. The second-order valence-electron chi connectivity index (χ2n) is 7.40. The first-order valence-electron chi connectivity index (χ1n) is 9.97. The molecule has 1 aliphatic heterocycles. The highest BCUT2D eigenvalue weighted by atomic mass is 35.5. The molecule has 8 nitrogen and oxygen atoms in total. The van der Waals surface area contributed by atoms with E-state index in [1.54, 1.807) is 24.1 Å². The summed E-state index contributed by atoms with van der Waals surface area (Å²) in [6.07, 6.45) is 0. The summed E-state index contributed by atoms with van der Waals surface area (Å²) in [5.74, 6) is 0.0406. The molecule has 0 saturated heterocycles. The van der Waals surface area contributed by atoms with Gasteiger partial charge in [0.1, 0.15) is 5.84 Å². The Hall–Kier alpha value is -3.56. The molecule has 0 saturated carbocycles. The number of nitro groups is 1. The molecule has 1 heterocycles. The molecule has 1 atom stereocenters. The van der Waals surface area contributed by atoms with Crippen LogP contribution in [-0.4, -0.2) is 36.4 Å². The second kappa shape index (κ2) is 9.13. The minimum Gasteiger partial charge on any atom is -0.258 e. The van der Waals surface area contributed by atoms with Crippen LogP contribution in [0.2, 0.25) is 5.02 Å². The summed E-state index contributed by atoms with van der Waals surface area (Å²) in [5.41, 5.74) is 2.36. The molecule has 0 N–H and O–H groups in total. The van der Waals surface area contributed by atoms with Crippen LogP contribution < -0.4 is 0 Å². The lowest BCUT2D eigenvalue weighted by molar-refractivity contribution is -0.384. The highest BCUT2D eigenvalue weighted by Crippen LogP contribution is 2.30. The van der Waals surface area contributed by atoms with E-state index in [-0.39, 0.29) is 22.3 Å². The summed E-state index contributed by atoms with van der Waals surface area (Å²) in [7, 11) is -3.95. The number of rotatable bonds is 5. The van der Waals surface area contributed by atoms with Crippen molar-refractivity contribution in [3.63, 3.8) is 0 Å². The summed E-state index contributed by atoms with van der Waals surface area (Å²) in [5, 5.41) is 17.6. The van der Waals surface area contributed by atoms with E-state index in [0.29, 0.717) is 22.8 Å². The largest absolute Gasteiger partial charge is 0.283 e. The van der Waals surface area contributed by atoms with E-state index in [0.717, 1.165) is 5.56 Å². The van der Waals surface area contributed by atoms with Gasteiger partial charge in [-0.1, -0.05) is 41.9 Å². The zero-order valence-corrected chi connectivity index (χ0v) is 19.1. The van der Waals surface area contributed by atoms with E-state index >= 15 is 0 Å². The highest BCUT2D eigenvalue weighted by Gasteiger charge is 2.31. The van der Waals surface area contributed by atoms with E-state index in [9.17, 15) is 18.5 Å². The van der Waals surface area contributed by atoms with Gasteiger partial charge in [-0.15, -0.1) is 4.40 Å². The Morgan fingerprint density at radius 3 is 2.30 bits per heavy atom. The van der Waals surface area contributed by atoms with Crippen LogP contribution in [0.4, 0.5) is 5.69 Å². The molecule has 0 fully saturated rings. The molecular formula is C23H19ClN4O4S. The van der Waals surface area contributed by atoms with Crippen molar-refractivity contribution in [1.82, 2.24) is 5.01 Å². The van der Waals surface area contributed by atoms with Crippen molar-refractivity contribution >= 4 is 38.9 Å². The van der Waals surface area contributed by atoms with E-state index < -0.39 is 14.9 Å². The number of benzene rings is 3. The fourth-order valence-electron chi connectivity index (χ4n) is 3.55. The maximum atomic E-state index is 12.7. The highest BCUT2D eigenvalue weighted by molar-refractivity contribution is 7.90. The number of nitrogens with zero attached hydrogens (tertiary/aromatic N) is 4. The smallest absolute Gasteiger partial charge is 0.258 e. The Bertz CT molecular complexity index is 1340. The third kappa shape index (κ3) is 4.94. The molecule has 1 unspecified atom stereocenters. The fourth-order valence-corrected chi connectivity index (χ4v) is 4.70. The van der Waals surface area contributed by atoms with Crippen LogP contribution in [0, 0.1) is 10.1 Å². The van der Waals surface area contributed by atoms with Crippen molar-refractivity contribution in [2.75, 3.05) is 6.54 Å². The van der Waals surface area contributed by atoms with Gasteiger partial charge in [0.2, 0.25) is 0 Å². The molecule has 4 rings (SSSR count). The summed E-state index contributed by atoms with van der Waals surface area (Å²) < 4.78 is 29.5. The number of hydrazone groups is 1. The molecule has 0 aliphatic carbocycles. The minimum atomic E-state index is -3.95. The Labute approximate surface area is 196 Å². The van der Waals surface area contributed by atoms with E-state index in [4.69, 9.17) is 11.6 Å². The third-order valence-electron chi connectivity index (χ3n) is 5.23. The monoisotopic (exact) mass is 482 g/mol. The van der Waals surface area contributed by atoms with Crippen molar-refractivity contribution in [2.24, 2.45) is 9.50 Å². The lowest BCUT2D eigenvalue weighted by Crippen LogP contribution is -2.24. The van der Waals surface area contributed by atoms with Crippen LogP contribution >= 0.6 is 11.6 Å². The average Bonchev–Trinajstić information content (AvgIpc) is 3.25. The van der Waals surface area contributed by atoms with Crippen molar-refractivity contribution in [2.45, 2.75) is 17.7 Å². The molecule has 3 aromatic carbocycles. The van der Waals surface area contributed by atoms with Gasteiger partial charge in [0.15, 0.2) is 0 Å². The topological polar surface area (TPSA) is 105 Å². The maximum absolute atomic E-state index is 12.7. The Balaban J connectivity index is 1.70. The number of halogens is 1. The van der Waals surface area contributed by atoms with Gasteiger partial charge < -0.3 is 0 Å². The van der Waals surface area contributed by atoms with Crippen molar-refractivity contribution in [3.05, 3.63) is 105 Å². The van der Waals surface area contributed by atoms with Crippen LogP contribution in [0.15, 0.2) is 93.3 Å². The van der Waals surface area contributed by atoms with Gasteiger partial charge in [0.25, 0.3) is 15.7 Å². The predicted octanol–water partition coefficient (Wildman–Crippen LogP) is 4.86. The Kier molecular flexibility index (Phi) is 6.26. The molecule has 0 spiro atoms. The van der Waals surface area contributed by atoms with Crippen molar-refractivity contribution < 1.29 is 13.3 Å². The van der Waals surface area contributed by atoms with Crippen LogP contribution in [0.3, 0.4) is 0 Å². The zero-order chi connectivity index (χ0) is 23.6. The Morgan fingerprint density at radius 2 is 1.70 bits per heavy atom. The SMILES string of the molecule is C/C(=N\S(=O)(=O)c1ccc(Cl)cc1)N1CC(c2ccccc2)C(c2ccc([N+](=O)[O-])cc2)=N1. The molecule has 0 radical (unpaired) electrons. The first-order valence-corrected chi connectivity index (χ1v) is 11.8. The van der Waals surface area contributed by atoms with Crippen LogP contribution in [0.25, 0.3) is 0 Å². The molecule has 0 bridgehead atoms. The summed E-state index contributed by atoms with van der Waals surface area (Å²) in [6.45, 7) is 1.96. The number of nitro benzene ring substituents is 1. The molecule has 168 valence electrons. The number of hydrogen-bond acceptors (Lipinski definition) is 5. The van der Waals surface area contributed by atoms with Crippen LogP contribution in [-0.2, 0) is 10.0 Å². The van der Waals surface area contributed by atoms with Gasteiger partial charge in [0.05, 0.1) is 22.1 Å². The fraction of sp³-hybridized carbons (Fsp3) is 0.130. The molecule has 33 heavy (non-hydrogen) atoms. The van der Waals surface area contributed by atoms with Gasteiger partial charge in [-0.05, 0) is 54.4 Å². The summed E-state index contributed by atoms with van der Waals surface area (Å²) in [6, 6.07) is 21.6. The minimum absolute atomic E-state index is 0.0164. The van der Waals surface area contributed by atoms with E-state index in [1.807, 2.05) is 30.3 Å². The van der Waals surface area contributed by atoms with Crippen LogP contribution in [0.5, 0.6) is 0 Å². The van der Waals surface area contributed by atoms with Crippen molar-refractivity contribution in [3.8, 4) is 0 Å². The lowest BCUT2D eigenvalue weighted by atomic mass is 9.90. The standard InChI is InChI=1S/C23H19ClN4O4S/c1-16(26-33(31,32)21-13-9-19(24)10-14-21)27-15-22(17-5-3-2-4-6-17)23(25-27)18-7-11-20(12-8-18)28(29)30/h2-14,22H,15H2,1H3/b26-16+. The van der Waals surface area contributed by atoms with Crippen molar-refractivity contribution in [1.29, 1.82) is 0 Å². The lowest BCUT2D eigenvalue weighted by Gasteiger charge is -2.16.